The number of benzene rings is 1. The second-order valence-corrected chi connectivity index (χ2v) is 7.76. The van der Waals surface area contributed by atoms with Crippen molar-refractivity contribution in [3.05, 3.63) is 35.4 Å². The number of halogens is 1. The van der Waals surface area contributed by atoms with Crippen molar-refractivity contribution in [1.82, 2.24) is 10.6 Å². The van der Waals surface area contributed by atoms with Crippen molar-refractivity contribution in [3.8, 4) is 6.07 Å². The summed E-state index contributed by atoms with van der Waals surface area (Å²) in [5.74, 6) is -1.60. The number of nitrogens with one attached hydrogen (secondary N) is 2. The Bertz CT molecular complexity index is 741. The monoisotopic (exact) mass is 371 g/mol. The van der Waals surface area contributed by atoms with Gasteiger partial charge < -0.3 is 10.6 Å². The third-order valence-electron chi connectivity index (χ3n) is 3.01. The smallest absolute Gasteiger partial charge is 0.251 e. The lowest BCUT2D eigenvalue weighted by Gasteiger charge is -2.18. The van der Waals surface area contributed by atoms with Crippen molar-refractivity contribution in [1.29, 1.82) is 5.26 Å². The number of alkyl halides is 1. The minimum atomic E-state index is -3.53. The molecule has 0 saturated heterocycles. The Labute approximate surface area is 145 Å². The van der Waals surface area contributed by atoms with E-state index in [0.717, 1.165) is 11.8 Å². The normalized spacial score (nSPS) is 13.4. The summed E-state index contributed by atoms with van der Waals surface area (Å²) in [4.78, 5) is 24.3. The van der Waals surface area contributed by atoms with Gasteiger partial charge in [0.2, 0.25) is 5.91 Å². The molecule has 7 nitrogen and oxygen atoms in total. The Morgan fingerprint density at radius 2 is 1.83 bits per heavy atom. The molecular weight excluding hydrogens is 354 g/mol. The van der Waals surface area contributed by atoms with Crippen LogP contribution in [-0.2, 0) is 20.5 Å². The van der Waals surface area contributed by atoms with E-state index < -0.39 is 39.5 Å². The molecule has 1 aromatic carbocycles. The predicted molar refractivity (Wildman–Crippen MR) is 90.2 cm³/mol. The molecule has 0 aliphatic heterocycles. The fourth-order valence-corrected chi connectivity index (χ4v) is 2.84. The molecule has 2 amide bonds. The van der Waals surface area contributed by atoms with Gasteiger partial charge in [-0.15, -0.1) is 11.6 Å². The minimum Gasteiger partial charge on any atom is -0.339 e. The van der Waals surface area contributed by atoms with E-state index in [0.29, 0.717) is 5.88 Å². The molecule has 2 N–H and O–H groups in total. The zero-order valence-corrected chi connectivity index (χ0v) is 14.8. The molecule has 0 bridgehead atoms. The zero-order chi connectivity index (χ0) is 18.3. The Hall–Kier alpha value is -2.11. The first-order valence-electron chi connectivity index (χ1n) is 6.99. The highest BCUT2D eigenvalue weighted by Gasteiger charge is 2.26. The van der Waals surface area contributed by atoms with E-state index in [1.54, 1.807) is 18.2 Å². The Kier molecular flexibility index (Phi) is 7.19. The summed E-state index contributed by atoms with van der Waals surface area (Å²) in [5, 5.41) is 13.4. The second-order valence-electron chi connectivity index (χ2n) is 5.31. The summed E-state index contributed by atoms with van der Waals surface area (Å²) in [5.41, 5.74) is 1.09. The molecule has 130 valence electrons. The maximum Gasteiger partial charge on any atom is 0.251 e. The number of nitriles is 1. The summed E-state index contributed by atoms with van der Waals surface area (Å²) in [6, 6.07) is 6.08. The molecule has 0 radical (unpaired) electrons. The van der Waals surface area contributed by atoms with Crippen LogP contribution in [0.25, 0.3) is 0 Å². The fraction of sp³-hybridized carbons (Fsp3) is 0.400. The van der Waals surface area contributed by atoms with Crippen LogP contribution in [0.1, 0.15) is 22.8 Å². The van der Waals surface area contributed by atoms with Gasteiger partial charge in [0.15, 0.2) is 0 Å². The van der Waals surface area contributed by atoms with E-state index in [-0.39, 0.29) is 5.56 Å². The maximum atomic E-state index is 12.2. The van der Waals surface area contributed by atoms with Gasteiger partial charge in [-0.3, -0.25) is 9.59 Å². The van der Waals surface area contributed by atoms with Crippen LogP contribution in [0, 0.1) is 11.3 Å². The lowest BCUT2D eigenvalue weighted by molar-refractivity contribution is -0.122. The van der Waals surface area contributed by atoms with Gasteiger partial charge >= 0.3 is 0 Å². The molecule has 1 aromatic rings. The minimum absolute atomic E-state index is 0.267. The highest BCUT2D eigenvalue weighted by atomic mass is 35.5. The average Bonchev–Trinajstić information content (AvgIpc) is 2.52. The molecule has 0 aromatic heterocycles. The van der Waals surface area contributed by atoms with Gasteiger partial charge in [-0.2, -0.15) is 5.26 Å². The van der Waals surface area contributed by atoms with Gasteiger partial charge in [-0.25, -0.2) is 8.42 Å². The van der Waals surface area contributed by atoms with Gasteiger partial charge in [-0.1, -0.05) is 12.1 Å². The highest BCUT2D eigenvalue weighted by Crippen LogP contribution is 2.07. The highest BCUT2D eigenvalue weighted by molar-refractivity contribution is 7.90. The second kappa shape index (κ2) is 8.66. The molecule has 2 atom stereocenters. The summed E-state index contributed by atoms with van der Waals surface area (Å²) in [6.07, 6.45) is 0.961. The topological polar surface area (TPSA) is 116 Å². The SMILES string of the molecule is CC(C#N)NC(=O)C(CS(C)(=O)=O)NC(=O)c1ccc(CCl)cc1. The molecule has 0 heterocycles. The van der Waals surface area contributed by atoms with Crippen molar-refractivity contribution in [2.24, 2.45) is 0 Å². The Balaban J connectivity index is 2.92. The van der Waals surface area contributed by atoms with Crippen LogP contribution in [0.4, 0.5) is 0 Å². The number of amides is 2. The van der Waals surface area contributed by atoms with Gasteiger partial charge in [-0.05, 0) is 24.6 Å². The van der Waals surface area contributed by atoms with Crippen molar-refractivity contribution < 1.29 is 18.0 Å². The molecule has 1 rings (SSSR count). The third-order valence-corrected chi connectivity index (χ3v) is 4.26. The van der Waals surface area contributed by atoms with Crippen LogP contribution in [-0.4, -0.2) is 44.3 Å². The zero-order valence-electron chi connectivity index (χ0n) is 13.2. The fourth-order valence-electron chi connectivity index (χ4n) is 1.82. The lowest BCUT2D eigenvalue weighted by Crippen LogP contribution is -2.51. The average molecular weight is 372 g/mol. The van der Waals surface area contributed by atoms with Crippen molar-refractivity contribution in [2.45, 2.75) is 24.9 Å². The van der Waals surface area contributed by atoms with Crippen molar-refractivity contribution >= 4 is 33.3 Å². The molecule has 0 spiro atoms. The quantitative estimate of drug-likeness (QED) is 0.681. The molecule has 9 heteroatoms. The van der Waals surface area contributed by atoms with Crippen LogP contribution in [0.15, 0.2) is 24.3 Å². The maximum absolute atomic E-state index is 12.2. The van der Waals surface area contributed by atoms with Crippen molar-refractivity contribution in [2.75, 3.05) is 12.0 Å². The van der Waals surface area contributed by atoms with Gasteiger partial charge in [0, 0.05) is 17.7 Å². The molecule has 0 fully saturated rings. The van der Waals surface area contributed by atoms with Crippen LogP contribution in [0.5, 0.6) is 0 Å². The standard InChI is InChI=1S/C15H18ClN3O4S/c1-10(8-17)18-15(21)13(9-24(2,22)23)19-14(20)12-5-3-11(7-16)4-6-12/h3-6,10,13H,7,9H2,1-2H3,(H,18,21)(H,19,20). The number of sulfone groups is 1. The first-order chi connectivity index (χ1) is 11.2. The van der Waals surface area contributed by atoms with E-state index in [9.17, 15) is 18.0 Å². The van der Waals surface area contributed by atoms with Crippen molar-refractivity contribution in [3.63, 3.8) is 0 Å². The van der Waals surface area contributed by atoms with Crippen LogP contribution >= 0.6 is 11.6 Å². The first-order valence-corrected chi connectivity index (χ1v) is 9.59. The van der Waals surface area contributed by atoms with Gasteiger partial charge in [0.25, 0.3) is 5.91 Å². The molecule has 2 unspecified atom stereocenters. The van der Waals surface area contributed by atoms with E-state index in [1.165, 1.54) is 19.1 Å². The lowest BCUT2D eigenvalue weighted by atomic mass is 10.1. The largest absolute Gasteiger partial charge is 0.339 e. The predicted octanol–water partition coefficient (Wildman–Crippen LogP) is 0.597. The summed E-state index contributed by atoms with van der Waals surface area (Å²) >= 11 is 5.67. The molecule has 24 heavy (non-hydrogen) atoms. The van der Waals surface area contributed by atoms with E-state index >= 15 is 0 Å². The third kappa shape index (κ3) is 6.56. The number of hydrogen-bond acceptors (Lipinski definition) is 5. The summed E-state index contributed by atoms with van der Waals surface area (Å²) in [6.45, 7) is 1.45. The Morgan fingerprint density at radius 1 is 1.25 bits per heavy atom. The van der Waals surface area contributed by atoms with Crippen LogP contribution < -0.4 is 10.6 Å². The summed E-state index contributed by atoms with van der Waals surface area (Å²) in [7, 11) is -3.53. The molecule has 0 saturated carbocycles. The van der Waals surface area contributed by atoms with E-state index in [1.807, 2.05) is 0 Å². The number of carbonyl (C=O) groups excluding carboxylic acids is 2. The van der Waals surface area contributed by atoms with Crippen LogP contribution in [0.3, 0.4) is 0 Å². The van der Waals surface area contributed by atoms with E-state index in [4.69, 9.17) is 16.9 Å². The number of hydrogen-bond donors (Lipinski definition) is 2. The van der Waals surface area contributed by atoms with Gasteiger partial charge in [0.05, 0.1) is 11.8 Å². The van der Waals surface area contributed by atoms with Crippen LogP contribution in [0.2, 0.25) is 0 Å². The van der Waals surface area contributed by atoms with Gasteiger partial charge in [0.1, 0.15) is 21.9 Å². The first kappa shape index (κ1) is 19.9. The summed E-state index contributed by atoms with van der Waals surface area (Å²) < 4.78 is 23.0. The molecule has 0 aliphatic rings. The molecule has 0 aliphatic carbocycles. The number of nitrogens with zero attached hydrogens (tertiary/aromatic N) is 1. The molecular formula is C15H18ClN3O4S. The van der Waals surface area contributed by atoms with E-state index in [2.05, 4.69) is 10.6 Å². The Morgan fingerprint density at radius 3 is 2.29 bits per heavy atom. The number of rotatable bonds is 7. The number of carbonyl (C=O) groups is 2.